The molecule has 0 aliphatic carbocycles. The molecule has 116 valence electrons. The van der Waals surface area contributed by atoms with Gasteiger partial charge in [0, 0.05) is 9.50 Å². The van der Waals surface area contributed by atoms with E-state index in [-0.39, 0.29) is 12.0 Å². The number of carbonyl (C=O) groups is 1. The average Bonchev–Trinajstić information content (AvgIpc) is 2.43. The smallest absolute Gasteiger partial charge is 0.259 e. The van der Waals surface area contributed by atoms with Crippen molar-refractivity contribution in [3.05, 3.63) is 56.5 Å². The predicted octanol–water partition coefficient (Wildman–Crippen LogP) is 5.80. The first-order valence-corrected chi connectivity index (χ1v) is 8.14. The Hall–Kier alpha value is -1.23. The Morgan fingerprint density at radius 3 is 2.55 bits per heavy atom. The molecule has 0 fully saturated rings. The molecule has 0 radical (unpaired) electrons. The quantitative estimate of drug-likeness (QED) is 0.702. The van der Waals surface area contributed by atoms with E-state index in [1.807, 2.05) is 19.9 Å². The highest BCUT2D eigenvalue weighted by molar-refractivity contribution is 9.10. The van der Waals surface area contributed by atoms with Crippen LogP contribution in [0.2, 0.25) is 10.0 Å². The SMILES string of the molecule is CC(C)Oc1ccc(Br)cc1C(=O)Nc1ccc(Cl)cc1Cl. The number of hydrogen-bond donors (Lipinski definition) is 1. The van der Waals surface area contributed by atoms with Crippen LogP contribution < -0.4 is 10.1 Å². The van der Waals surface area contributed by atoms with Crippen molar-refractivity contribution in [2.45, 2.75) is 20.0 Å². The summed E-state index contributed by atoms with van der Waals surface area (Å²) >= 11 is 15.3. The van der Waals surface area contributed by atoms with Gasteiger partial charge in [-0.2, -0.15) is 0 Å². The van der Waals surface area contributed by atoms with E-state index in [1.54, 1.807) is 30.3 Å². The summed E-state index contributed by atoms with van der Waals surface area (Å²) in [6.45, 7) is 3.81. The lowest BCUT2D eigenvalue weighted by molar-refractivity contribution is 0.102. The van der Waals surface area contributed by atoms with Crippen LogP contribution in [0.5, 0.6) is 5.75 Å². The molecular formula is C16H14BrCl2NO2. The van der Waals surface area contributed by atoms with Gasteiger partial charge in [0.1, 0.15) is 5.75 Å². The Bertz CT molecular complexity index is 705. The lowest BCUT2D eigenvalue weighted by atomic mass is 10.1. The topological polar surface area (TPSA) is 38.3 Å². The zero-order valence-corrected chi connectivity index (χ0v) is 15.1. The number of anilines is 1. The molecule has 0 aliphatic heterocycles. The molecule has 0 aromatic heterocycles. The fourth-order valence-corrected chi connectivity index (χ4v) is 2.63. The first-order valence-electron chi connectivity index (χ1n) is 6.59. The van der Waals surface area contributed by atoms with Gasteiger partial charge in [-0.15, -0.1) is 0 Å². The molecule has 2 rings (SSSR count). The number of nitrogens with one attached hydrogen (secondary N) is 1. The van der Waals surface area contributed by atoms with Crippen molar-refractivity contribution in [1.29, 1.82) is 0 Å². The maximum Gasteiger partial charge on any atom is 0.259 e. The summed E-state index contributed by atoms with van der Waals surface area (Å²) in [5.41, 5.74) is 0.917. The average molecular weight is 403 g/mol. The minimum atomic E-state index is -0.304. The minimum absolute atomic E-state index is 0.0353. The molecule has 0 unspecified atom stereocenters. The fourth-order valence-electron chi connectivity index (χ4n) is 1.82. The van der Waals surface area contributed by atoms with Crippen molar-refractivity contribution < 1.29 is 9.53 Å². The number of carbonyl (C=O) groups excluding carboxylic acids is 1. The summed E-state index contributed by atoms with van der Waals surface area (Å²) < 4.78 is 6.46. The third-order valence-corrected chi connectivity index (χ3v) is 3.77. The lowest BCUT2D eigenvalue weighted by Crippen LogP contribution is -2.16. The Labute approximate surface area is 147 Å². The van der Waals surface area contributed by atoms with E-state index in [0.29, 0.717) is 27.0 Å². The van der Waals surface area contributed by atoms with Crippen LogP contribution in [0.3, 0.4) is 0 Å². The van der Waals surface area contributed by atoms with Gasteiger partial charge in [-0.25, -0.2) is 0 Å². The second-order valence-electron chi connectivity index (χ2n) is 4.89. The van der Waals surface area contributed by atoms with Crippen LogP contribution in [0.15, 0.2) is 40.9 Å². The van der Waals surface area contributed by atoms with E-state index < -0.39 is 0 Å². The van der Waals surface area contributed by atoms with Crippen LogP contribution in [0.1, 0.15) is 24.2 Å². The van der Waals surface area contributed by atoms with Gasteiger partial charge < -0.3 is 10.1 Å². The Morgan fingerprint density at radius 2 is 1.91 bits per heavy atom. The maximum atomic E-state index is 12.5. The highest BCUT2D eigenvalue weighted by atomic mass is 79.9. The third-order valence-electron chi connectivity index (χ3n) is 2.73. The van der Waals surface area contributed by atoms with Crippen molar-refractivity contribution in [2.75, 3.05) is 5.32 Å². The second kappa shape index (κ2) is 7.36. The molecule has 1 N–H and O–H groups in total. The molecule has 0 saturated heterocycles. The minimum Gasteiger partial charge on any atom is -0.490 e. The molecule has 6 heteroatoms. The number of amides is 1. The van der Waals surface area contributed by atoms with Crippen LogP contribution in [-0.2, 0) is 0 Å². The summed E-state index contributed by atoms with van der Waals surface area (Å²) in [6, 6.07) is 10.2. The Balaban J connectivity index is 2.30. The van der Waals surface area contributed by atoms with Gasteiger partial charge in [-0.05, 0) is 50.2 Å². The molecule has 0 saturated carbocycles. The molecule has 1 amide bonds. The number of ether oxygens (including phenoxy) is 1. The third kappa shape index (κ3) is 4.38. The van der Waals surface area contributed by atoms with Crippen LogP contribution >= 0.6 is 39.1 Å². The zero-order chi connectivity index (χ0) is 16.3. The monoisotopic (exact) mass is 401 g/mol. The van der Waals surface area contributed by atoms with Gasteiger partial charge in [0.05, 0.1) is 22.4 Å². The van der Waals surface area contributed by atoms with E-state index >= 15 is 0 Å². The highest BCUT2D eigenvalue weighted by Crippen LogP contribution is 2.28. The van der Waals surface area contributed by atoms with Crippen molar-refractivity contribution in [3.63, 3.8) is 0 Å². The van der Waals surface area contributed by atoms with Crippen LogP contribution in [0.4, 0.5) is 5.69 Å². The first kappa shape index (κ1) is 17.1. The van der Waals surface area contributed by atoms with Crippen molar-refractivity contribution in [3.8, 4) is 5.75 Å². The summed E-state index contributed by atoms with van der Waals surface area (Å²) in [5.74, 6) is 0.210. The van der Waals surface area contributed by atoms with Gasteiger partial charge in [0.15, 0.2) is 0 Å². The van der Waals surface area contributed by atoms with E-state index in [4.69, 9.17) is 27.9 Å². The standard InChI is InChI=1S/C16H14BrCl2NO2/c1-9(2)22-15-6-3-10(17)7-12(15)16(21)20-14-5-4-11(18)8-13(14)19/h3-9H,1-2H3,(H,20,21). The maximum absolute atomic E-state index is 12.5. The predicted molar refractivity (Wildman–Crippen MR) is 94.3 cm³/mol. The summed E-state index contributed by atoms with van der Waals surface area (Å²) in [6.07, 6.45) is -0.0353. The molecule has 0 bridgehead atoms. The first-order chi connectivity index (χ1) is 10.4. The van der Waals surface area contributed by atoms with Crippen molar-refractivity contribution in [2.24, 2.45) is 0 Å². The lowest BCUT2D eigenvalue weighted by Gasteiger charge is -2.15. The fraction of sp³-hybridized carbons (Fsp3) is 0.188. The summed E-state index contributed by atoms with van der Waals surface area (Å²) in [4.78, 5) is 12.5. The van der Waals surface area contributed by atoms with E-state index in [0.717, 1.165) is 4.47 Å². The molecule has 0 heterocycles. The number of rotatable bonds is 4. The largest absolute Gasteiger partial charge is 0.490 e. The molecule has 3 nitrogen and oxygen atoms in total. The number of halogens is 3. The van der Waals surface area contributed by atoms with Crippen molar-refractivity contribution in [1.82, 2.24) is 0 Å². The normalized spacial score (nSPS) is 10.6. The molecular weight excluding hydrogens is 389 g/mol. The van der Waals surface area contributed by atoms with Crippen molar-refractivity contribution >= 4 is 50.7 Å². The Morgan fingerprint density at radius 1 is 1.18 bits per heavy atom. The molecule has 0 atom stereocenters. The molecule has 0 aliphatic rings. The molecule has 2 aromatic carbocycles. The van der Waals surface area contributed by atoms with Gasteiger partial charge in [-0.1, -0.05) is 39.1 Å². The molecule has 2 aromatic rings. The zero-order valence-electron chi connectivity index (χ0n) is 12.0. The van der Waals surface area contributed by atoms with Crippen LogP contribution in [-0.4, -0.2) is 12.0 Å². The van der Waals surface area contributed by atoms with E-state index in [1.165, 1.54) is 0 Å². The van der Waals surface area contributed by atoms with Gasteiger partial charge >= 0.3 is 0 Å². The summed E-state index contributed by atoms with van der Waals surface area (Å²) in [7, 11) is 0. The number of benzene rings is 2. The number of hydrogen-bond acceptors (Lipinski definition) is 2. The van der Waals surface area contributed by atoms with Gasteiger partial charge in [-0.3, -0.25) is 4.79 Å². The van der Waals surface area contributed by atoms with Gasteiger partial charge in [0.25, 0.3) is 5.91 Å². The molecule has 0 spiro atoms. The Kier molecular flexibility index (Phi) is 5.73. The van der Waals surface area contributed by atoms with E-state index in [2.05, 4.69) is 21.2 Å². The van der Waals surface area contributed by atoms with Crippen LogP contribution in [0.25, 0.3) is 0 Å². The van der Waals surface area contributed by atoms with Gasteiger partial charge in [0.2, 0.25) is 0 Å². The highest BCUT2D eigenvalue weighted by Gasteiger charge is 2.16. The second-order valence-corrected chi connectivity index (χ2v) is 6.64. The van der Waals surface area contributed by atoms with E-state index in [9.17, 15) is 4.79 Å². The molecule has 22 heavy (non-hydrogen) atoms. The van der Waals surface area contributed by atoms with Crippen LogP contribution in [0, 0.1) is 0 Å². The summed E-state index contributed by atoms with van der Waals surface area (Å²) in [5, 5.41) is 3.65.